The van der Waals surface area contributed by atoms with Gasteiger partial charge in [0, 0.05) is 15.1 Å². The van der Waals surface area contributed by atoms with E-state index in [1.807, 2.05) is 30.3 Å². The number of fused-ring (bicyclic) bond motifs is 1. The van der Waals surface area contributed by atoms with Crippen molar-refractivity contribution in [1.82, 2.24) is 0 Å². The molecule has 0 spiro atoms. The predicted octanol–water partition coefficient (Wildman–Crippen LogP) is 4.71. The van der Waals surface area contributed by atoms with E-state index in [9.17, 15) is 4.57 Å². The molecule has 3 rings (SSSR count). The van der Waals surface area contributed by atoms with Gasteiger partial charge in [0.1, 0.15) is 0 Å². The largest absolute Gasteiger partial charge is 0.295 e. The van der Waals surface area contributed by atoms with E-state index in [0.29, 0.717) is 0 Å². The summed E-state index contributed by atoms with van der Waals surface area (Å²) in [4.78, 5) is 2.30. The van der Waals surface area contributed by atoms with E-state index in [1.165, 1.54) is 28.3 Å². The number of rotatable bonds is 1. The van der Waals surface area contributed by atoms with Crippen molar-refractivity contribution in [1.29, 1.82) is 0 Å². The van der Waals surface area contributed by atoms with Gasteiger partial charge in [-0.25, -0.2) is 0 Å². The Morgan fingerprint density at radius 3 is 2.41 bits per heavy atom. The van der Waals surface area contributed by atoms with E-state index in [1.54, 1.807) is 0 Å². The molecule has 1 unspecified atom stereocenters. The lowest BCUT2D eigenvalue weighted by Gasteiger charge is -2.08. The van der Waals surface area contributed by atoms with Crippen LogP contribution in [0, 0.1) is 6.92 Å². The second-order valence-electron chi connectivity index (χ2n) is 3.97. The topological polar surface area (TPSA) is 17.1 Å². The molecule has 2 aromatic carbocycles. The molecule has 0 radical (unpaired) electrons. The Labute approximate surface area is 109 Å². The van der Waals surface area contributed by atoms with Crippen molar-refractivity contribution >= 4 is 33.6 Å². The van der Waals surface area contributed by atoms with Crippen LogP contribution in [0.3, 0.4) is 0 Å². The Kier molecular flexibility index (Phi) is 2.86. The highest BCUT2D eigenvalue weighted by Gasteiger charge is 2.35. The van der Waals surface area contributed by atoms with Crippen molar-refractivity contribution in [3.05, 3.63) is 54.1 Å². The third-order valence-electron chi connectivity index (χ3n) is 2.61. The molecule has 0 bridgehead atoms. The quantitative estimate of drug-likeness (QED) is 0.703. The van der Waals surface area contributed by atoms with Crippen LogP contribution in [0.1, 0.15) is 5.56 Å². The molecular weight excluding hydrogens is 267 g/mol. The molecule has 1 aliphatic heterocycles. The Hall–Kier alpha value is -0.630. The van der Waals surface area contributed by atoms with Gasteiger partial charge in [-0.05, 0) is 59.5 Å². The molecule has 2 aromatic rings. The monoisotopic (exact) mass is 278 g/mol. The van der Waals surface area contributed by atoms with Gasteiger partial charge in [-0.2, -0.15) is 0 Å². The maximum absolute atomic E-state index is 12.9. The van der Waals surface area contributed by atoms with E-state index >= 15 is 0 Å². The van der Waals surface area contributed by atoms with Crippen molar-refractivity contribution in [2.24, 2.45) is 0 Å². The summed E-state index contributed by atoms with van der Waals surface area (Å²) in [5, 5.41) is 0.948. The molecule has 86 valence electrons. The van der Waals surface area contributed by atoms with Crippen LogP contribution < -0.4 is 5.30 Å². The lowest BCUT2D eigenvalue weighted by molar-refractivity contribution is 0.598. The van der Waals surface area contributed by atoms with Crippen molar-refractivity contribution < 1.29 is 4.57 Å². The summed E-state index contributed by atoms with van der Waals surface area (Å²) in [7, 11) is 0. The maximum Gasteiger partial charge on any atom is 0.228 e. The van der Waals surface area contributed by atoms with Gasteiger partial charge in [-0.3, -0.25) is 4.57 Å². The first kappa shape index (κ1) is 11.5. The summed E-state index contributed by atoms with van der Waals surface area (Å²) in [6.45, 7) is 2.07. The van der Waals surface area contributed by atoms with Crippen molar-refractivity contribution in [2.75, 3.05) is 0 Å². The molecule has 4 heteroatoms. The molecule has 1 atom stereocenters. The first-order valence-corrected chi connectivity index (χ1v) is 9.88. The van der Waals surface area contributed by atoms with Gasteiger partial charge in [0.2, 0.25) is 5.55 Å². The second-order valence-corrected chi connectivity index (χ2v) is 11.6. The van der Waals surface area contributed by atoms with E-state index < -0.39 is 5.55 Å². The minimum absolute atomic E-state index is 0.948. The zero-order valence-corrected chi connectivity index (χ0v) is 11.8. The number of hydrogen-bond acceptors (Lipinski definition) is 3. The van der Waals surface area contributed by atoms with E-state index in [4.69, 9.17) is 0 Å². The SMILES string of the molecule is Cc1ccc2c(c1)SP(=O)(c1ccccc1)S2. The van der Waals surface area contributed by atoms with Crippen LogP contribution >= 0.6 is 28.3 Å². The molecule has 0 saturated heterocycles. The van der Waals surface area contributed by atoms with E-state index in [-0.39, 0.29) is 0 Å². The molecule has 0 fully saturated rings. The molecule has 0 saturated carbocycles. The highest BCUT2D eigenvalue weighted by Crippen LogP contribution is 2.78. The number of aryl methyl sites for hydroxylation is 1. The van der Waals surface area contributed by atoms with Crippen LogP contribution in [0.4, 0.5) is 0 Å². The summed E-state index contributed by atoms with van der Waals surface area (Å²) < 4.78 is 12.9. The molecule has 1 heterocycles. The highest BCUT2D eigenvalue weighted by molar-refractivity contribution is 8.93. The minimum Gasteiger partial charge on any atom is -0.295 e. The first-order chi connectivity index (χ1) is 8.17. The predicted molar refractivity (Wildman–Crippen MR) is 76.6 cm³/mol. The van der Waals surface area contributed by atoms with Gasteiger partial charge < -0.3 is 0 Å². The molecule has 1 aliphatic rings. The van der Waals surface area contributed by atoms with Gasteiger partial charge in [0.05, 0.1) is 0 Å². The second kappa shape index (κ2) is 4.24. The third kappa shape index (κ3) is 2.08. The summed E-state index contributed by atoms with van der Waals surface area (Å²) in [5.41, 5.74) is -1.17. The zero-order chi connectivity index (χ0) is 11.9. The first-order valence-electron chi connectivity index (χ1n) is 5.33. The lowest BCUT2D eigenvalue weighted by Crippen LogP contribution is -1.95. The molecule has 0 N–H and O–H groups in total. The van der Waals surface area contributed by atoms with Crippen molar-refractivity contribution in [3.63, 3.8) is 0 Å². The van der Waals surface area contributed by atoms with Crippen LogP contribution in [0.25, 0.3) is 0 Å². The standard InChI is InChI=1S/C13H11OPS2/c1-10-7-8-12-13(9-10)17-15(14,16-12)11-5-3-2-4-6-11/h2-9H,1H3. The van der Waals surface area contributed by atoms with Gasteiger partial charge in [0.25, 0.3) is 0 Å². The fraction of sp³-hybridized carbons (Fsp3) is 0.0769. The average molecular weight is 278 g/mol. The van der Waals surface area contributed by atoms with Gasteiger partial charge in [-0.1, -0.05) is 24.3 Å². The van der Waals surface area contributed by atoms with Gasteiger partial charge >= 0.3 is 0 Å². The third-order valence-corrected chi connectivity index (χ3v) is 10.5. The molecule has 0 aromatic heterocycles. The van der Waals surface area contributed by atoms with Gasteiger partial charge in [0.15, 0.2) is 0 Å². The molecule has 0 aliphatic carbocycles. The molecule has 17 heavy (non-hydrogen) atoms. The van der Waals surface area contributed by atoms with Crippen LogP contribution in [-0.4, -0.2) is 0 Å². The molecular formula is C13H11OPS2. The highest BCUT2D eigenvalue weighted by atomic mass is 33.1. The fourth-order valence-electron chi connectivity index (χ4n) is 1.76. The summed E-state index contributed by atoms with van der Waals surface area (Å²) in [6, 6.07) is 16.0. The fourth-order valence-corrected chi connectivity index (χ4v) is 10.1. The van der Waals surface area contributed by atoms with Gasteiger partial charge in [-0.15, -0.1) is 0 Å². The normalized spacial score (nSPS) is 22.4. The Balaban J connectivity index is 2.03. The summed E-state index contributed by atoms with van der Waals surface area (Å²) in [5.74, 6) is 0. The summed E-state index contributed by atoms with van der Waals surface area (Å²) >= 11 is 3.04. The Morgan fingerprint density at radius 2 is 1.65 bits per heavy atom. The Morgan fingerprint density at radius 1 is 0.941 bits per heavy atom. The minimum atomic E-state index is -2.39. The average Bonchev–Trinajstić information content (AvgIpc) is 2.67. The van der Waals surface area contributed by atoms with Crippen molar-refractivity contribution in [2.45, 2.75) is 16.7 Å². The van der Waals surface area contributed by atoms with Crippen LogP contribution in [0.15, 0.2) is 58.3 Å². The van der Waals surface area contributed by atoms with E-state index in [0.717, 1.165) is 15.1 Å². The smallest absolute Gasteiger partial charge is 0.228 e. The lowest BCUT2D eigenvalue weighted by atomic mass is 10.2. The van der Waals surface area contributed by atoms with Crippen LogP contribution in [0.5, 0.6) is 0 Å². The maximum atomic E-state index is 12.9. The summed E-state index contributed by atoms with van der Waals surface area (Å²) in [6.07, 6.45) is 0. The van der Waals surface area contributed by atoms with E-state index in [2.05, 4.69) is 25.1 Å². The Bertz CT molecular complexity index is 610. The van der Waals surface area contributed by atoms with Crippen LogP contribution in [0.2, 0.25) is 0 Å². The molecule has 1 nitrogen and oxygen atoms in total. The molecule has 0 amide bonds. The zero-order valence-electron chi connectivity index (χ0n) is 9.29. The number of benzene rings is 2. The van der Waals surface area contributed by atoms with Crippen LogP contribution in [-0.2, 0) is 4.57 Å². The number of hydrogen-bond donors (Lipinski definition) is 0. The van der Waals surface area contributed by atoms with Crippen molar-refractivity contribution in [3.8, 4) is 0 Å².